The third-order valence-corrected chi connectivity index (χ3v) is 3.91. The maximum Gasteiger partial charge on any atom is 0.336 e. The fourth-order valence-corrected chi connectivity index (χ4v) is 2.75. The van der Waals surface area contributed by atoms with Crippen LogP contribution in [0.1, 0.15) is 5.56 Å². The molecule has 1 unspecified atom stereocenters. The van der Waals surface area contributed by atoms with Crippen LogP contribution in [0.4, 0.5) is 9.18 Å². The summed E-state index contributed by atoms with van der Waals surface area (Å²) in [5, 5.41) is 4.95. The molecular formula is C14H15ClFN3O2. The molecule has 0 spiro atoms. The molecule has 0 saturated carbocycles. The Labute approximate surface area is 126 Å². The molecule has 21 heavy (non-hydrogen) atoms. The zero-order valence-corrected chi connectivity index (χ0v) is 12.1. The van der Waals surface area contributed by atoms with Gasteiger partial charge in [0.05, 0.1) is 31.5 Å². The summed E-state index contributed by atoms with van der Waals surface area (Å²) in [7, 11) is 0. The normalized spacial score (nSPS) is 23.2. The molecule has 1 amide bonds. The zero-order chi connectivity index (χ0) is 14.8. The van der Waals surface area contributed by atoms with Crippen LogP contribution in [0.2, 0.25) is 0 Å². The van der Waals surface area contributed by atoms with E-state index in [2.05, 4.69) is 10.0 Å². The molecule has 0 aromatic heterocycles. The van der Waals surface area contributed by atoms with Crippen LogP contribution in [0, 0.1) is 5.82 Å². The average Bonchev–Trinajstić information content (AvgIpc) is 2.94. The lowest BCUT2D eigenvalue weighted by Gasteiger charge is -2.32. The molecule has 5 nitrogen and oxygen atoms in total. The third kappa shape index (κ3) is 3.07. The Morgan fingerprint density at radius 2 is 1.95 bits per heavy atom. The van der Waals surface area contributed by atoms with E-state index < -0.39 is 5.37 Å². The minimum Gasteiger partial charge on any atom is -0.379 e. The smallest absolute Gasteiger partial charge is 0.336 e. The van der Waals surface area contributed by atoms with Gasteiger partial charge in [0, 0.05) is 13.1 Å². The summed E-state index contributed by atoms with van der Waals surface area (Å²) in [6, 6.07) is 6.08. The summed E-state index contributed by atoms with van der Waals surface area (Å²) >= 11 is 5.54. The molecule has 112 valence electrons. The van der Waals surface area contributed by atoms with Gasteiger partial charge in [0.25, 0.3) is 0 Å². The number of ether oxygens (including phenoxy) is 1. The highest BCUT2D eigenvalue weighted by atomic mass is 35.5. The molecule has 0 aliphatic carbocycles. The summed E-state index contributed by atoms with van der Waals surface area (Å²) in [5.41, 5.74) is 1.54. The number of amides is 1. The SMILES string of the molecule is O=C(Cl)N1CC(N2CCOCC2)C(c2ccc(F)cc2)=N1. The molecule has 0 N–H and O–H groups in total. The topological polar surface area (TPSA) is 45.1 Å². The van der Waals surface area contributed by atoms with Crippen LogP contribution in [0.3, 0.4) is 0 Å². The van der Waals surface area contributed by atoms with Crippen LogP contribution in [-0.2, 0) is 4.74 Å². The number of nitrogens with zero attached hydrogens (tertiary/aromatic N) is 3. The van der Waals surface area contributed by atoms with E-state index in [1.807, 2.05) is 0 Å². The van der Waals surface area contributed by atoms with Gasteiger partial charge in [-0.25, -0.2) is 9.40 Å². The summed E-state index contributed by atoms with van der Waals surface area (Å²) in [6.45, 7) is 3.27. The van der Waals surface area contributed by atoms with Crippen molar-refractivity contribution in [3.05, 3.63) is 35.6 Å². The summed E-state index contributed by atoms with van der Waals surface area (Å²) in [6.07, 6.45) is 0. The molecule has 1 fully saturated rings. The third-order valence-electron chi connectivity index (χ3n) is 3.72. The minimum absolute atomic E-state index is 0.0398. The molecule has 1 aromatic rings. The van der Waals surface area contributed by atoms with Crippen LogP contribution < -0.4 is 0 Å². The minimum atomic E-state index is -0.606. The second-order valence-electron chi connectivity index (χ2n) is 4.99. The molecular weight excluding hydrogens is 297 g/mol. The van der Waals surface area contributed by atoms with Gasteiger partial charge in [-0.05, 0) is 29.3 Å². The van der Waals surface area contributed by atoms with Gasteiger partial charge in [-0.3, -0.25) is 9.69 Å². The lowest BCUT2D eigenvalue weighted by Crippen LogP contribution is -2.48. The number of carbonyl (C=O) groups excluding carboxylic acids is 1. The van der Waals surface area contributed by atoms with E-state index in [1.165, 1.54) is 17.1 Å². The molecule has 1 aromatic carbocycles. The number of benzene rings is 1. The Hall–Kier alpha value is -1.50. The van der Waals surface area contributed by atoms with Crippen LogP contribution in [0.25, 0.3) is 0 Å². The molecule has 3 rings (SSSR count). The molecule has 2 aliphatic rings. The molecule has 1 atom stereocenters. The maximum absolute atomic E-state index is 13.1. The number of hydrogen-bond acceptors (Lipinski definition) is 4. The van der Waals surface area contributed by atoms with E-state index in [0.717, 1.165) is 24.4 Å². The Kier molecular flexibility index (Phi) is 4.19. The van der Waals surface area contributed by atoms with Crippen LogP contribution in [0.15, 0.2) is 29.4 Å². The van der Waals surface area contributed by atoms with E-state index in [-0.39, 0.29) is 11.9 Å². The predicted molar refractivity (Wildman–Crippen MR) is 77.1 cm³/mol. The lowest BCUT2D eigenvalue weighted by molar-refractivity contribution is 0.0281. The first kappa shape index (κ1) is 14.4. The first-order chi connectivity index (χ1) is 10.1. The van der Waals surface area contributed by atoms with E-state index in [1.54, 1.807) is 12.1 Å². The van der Waals surface area contributed by atoms with Crippen molar-refractivity contribution < 1.29 is 13.9 Å². The summed E-state index contributed by atoms with van der Waals surface area (Å²) in [5.74, 6) is -0.300. The highest BCUT2D eigenvalue weighted by Gasteiger charge is 2.35. The number of rotatable bonds is 2. The highest BCUT2D eigenvalue weighted by molar-refractivity contribution is 6.62. The van der Waals surface area contributed by atoms with Crippen molar-refractivity contribution in [1.29, 1.82) is 0 Å². The number of carbonyl (C=O) groups is 1. The van der Waals surface area contributed by atoms with Crippen molar-refractivity contribution in [2.24, 2.45) is 5.10 Å². The number of morpholine rings is 1. The standard InChI is InChI=1S/C14H15ClFN3O2/c15-14(20)19-9-12(18-5-7-21-8-6-18)13(17-19)10-1-3-11(16)4-2-10/h1-4,12H,5-9H2. The maximum atomic E-state index is 13.1. The zero-order valence-electron chi connectivity index (χ0n) is 11.3. The van der Waals surface area contributed by atoms with Crippen molar-refractivity contribution in [2.75, 3.05) is 32.8 Å². The van der Waals surface area contributed by atoms with Gasteiger partial charge in [0.2, 0.25) is 0 Å². The average molecular weight is 312 g/mol. The lowest BCUT2D eigenvalue weighted by atomic mass is 10.0. The second-order valence-corrected chi connectivity index (χ2v) is 5.31. The number of halogens is 2. The second kappa shape index (κ2) is 6.09. The number of hydrazone groups is 1. The van der Waals surface area contributed by atoms with Crippen LogP contribution in [0.5, 0.6) is 0 Å². The summed E-state index contributed by atoms with van der Waals surface area (Å²) < 4.78 is 18.4. The van der Waals surface area contributed by atoms with Gasteiger partial charge in [-0.1, -0.05) is 12.1 Å². The molecule has 2 heterocycles. The van der Waals surface area contributed by atoms with Gasteiger partial charge < -0.3 is 4.74 Å². The van der Waals surface area contributed by atoms with Gasteiger partial charge in [0.15, 0.2) is 0 Å². The van der Waals surface area contributed by atoms with E-state index in [0.29, 0.717) is 19.8 Å². The monoisotopic (exact) mass is 311 g/mol. The predicted octanol–water partition coefficient (Wildman–Crippen LogP) is 1.91. The van der Waals surface area contributed by atoms with E-state index in [9.17, 15) is 9.18 Å². The van der Waals surface area contributed by atoms with Crippen molar-refractivity contribution >= 4 is 22.7 Å². The van der Waals surface area contributed by atoms with Crippen molar-refractivity contribution in [2.45, 2.75) is 6.04 Å². The number of hydrogen-bond donors (Lipinski definition) is 0. The fraction of sp³-hybridized carbons (Fsp3) is 0.429. The molecule has 7 heteroatoms. The fourth-order valence-electron chi connectivity index (χ4n) is 2.65. The van der Waals surface area contributed by atoms with Gasteiger partial charge >= 0.3 is 5.37 Å². The van der Waals surface area contributed by atoms with Gasteiger partial charge in [0.1, 0.15) is 5.82 Å². The van der Waals surface area contributed by atoms with Crippen molar-refractivity contribution in [3.63, 3.8) is 0 Å². The van der Waals surface area contributed by atoms with Gasteiger partial charge in [-0.2, -0.15) is 5.10 Å². The molecule has 2 aliphatic heterocycles. The van der Waals surface area contributed by atoms with Crippen LogP contribution >= 0.6 is 11.6 Å². The molecule has 0 radical (unpaired) electrons. The van der Waals surface area contributed by atoms with Crippen molar-refractivity contribution in [3.8, 4) is 0 Å². The first-order valence-electron chi connectivity index (χ1n) is 6.78. The van der Waals surface area contributed by atoms with E-state index in [4.69, 9.17) is 16.3 Å². The first-order valence-corrected chi connectivity index (χ1v) is 7.16. The van der Waals surface area contributed by atoms with E-state index >= 15 is 0 Å². The van der Waals surface area contributed by atoms with Crippen molar-refractivity contribution in [1.82, 2.24) is 9.91 Å². The molecule has 1 saturated heterocycles. The largest absolute Gasteiger partial charge is 0.379 e. The quantitative estimate of drug-likeness (QED) is 0.619. The Morgan fingerprint density at radius 1 is 1.29 bits per heavy atom. The van der Waals surface area contributed by atoms with Gasteiger partial charge in [-0.15, -0.1) is 0 Å². The summed E-state index contributed by atoms with van der Waals surface area (Å²) in [4.78, 5) is 13.6. The molecule has 0 bridgehead atoms. The highest BCUT2D eigenvalue weighted by Crippen LogP contribution is 2.21. The Morgan fingerprint density at radius 3 is 2.57 bits per heavy atom. The Bertz CT molecular complexity index is 558. The van der Waals surface area contributed by atoms with Crippen LogP contribution in [-0.4, -0.2) is 59.9 Å². The Balaban J connectivity index is 1.89.